The summed E-state index contributed by atoms with van der Waals surface area (Å²) in [4.78, 5) is 45.9. The van der Waals surface area contributed by atoms with Crippen molar-refractivity contribution in [2.45, 2.75) is 26.2 Å². The van der Waals surface area contributed by atoms with Crippen molar-refractivity contribution in [2.75, 3.05) is 19.7 Å². The molecule has 3 N–H and O–H groups in total. The molecule has 1 aliphatic carbocycles. The van der Waals surface area contributed by atoms with Crippen LogP contribution in [-0.4, -0.2) is 42.6 Å². The lowest BCUT2D eigenvalue weighted by Gasteiger charge is -2.13. The summed E-state index contributed by atoms with van der Waals surface area (Å²) < 4.78 is 11.1. The molecule has 0 saturated heterocycles. The lowest BCUT2D eigenvalue weighted by Crippen LogP contribution is -2.40. The predicted molar refractivity (Wildman–Crippen MR) is 98.4 cm³/mol. The minimum Gasteiger partial charge on any atom is -0.483 e. The number of nitrogens with one attached hydrogen (secondary N) is 2. The first-order valence-corrected chi connectivity index (χ1v) is 8.82. The lowest BCUT2D eigenvalue weighted by atomic mass is 10.0. The molecule has 28 heavy (non-hydrogen) atoms. The molecular formula is C19H20N2O7. The van der Waals surface area contributed by atoms with Crippen LogP contribution in [0.15, 0.2) is 21.3 Å². The minimum absolute atomic E-state index is 0.332. The Kier molecular flexibility index (Phi) is 5.62. The van der Waals surface area contributed by atoms with Gasteiger partial charge in [0.25, 0.3) is 5.91 Å². The first-order valence-electron chi connectivity index (χ1n) is 8.82. The smallest absolute Gasteiger partial charge is 0.339 e. The van der Waals surface area contributed by atoms with Crippen LogP contribution < -0.4 is 21.0 Å². The van der Waals surface area contributed by atoms with Crippen molar-refractivity contribution in [3.63, 3.8) is 0 Å². The molecule has 9 nitrogen and oxygen atoms in total. The van der Waals surface area contributed by atoms with Gasteiger partial charge < -0.3 is 24.9 Å². The Balaban J connectivity index is 1.70. The maximum absolute atomic E-state index is 12.1. The highest BCUT2D eigenvalue weighted by Crippen LogP contribution is 2.35. The SMILES string of the molecule is Cc1cc(OCC(=O)NCC(=O)NCC(=O)O)c2c3c(c(=O)oc2c1)CCC3. The fraction of sp³-hybridized carbons (Fsp3) is 0.368. The highest BCUT2D eigenvalue weighted by molar-refractivity contribution is 5.90. The maximum Gasteiger partial charge on any atom is 0.339 e. The monoisotopic (exact) mass is 388 g/mol. The zero-order valence-corrected chi connectivity index (χ0v) is 15.3. The van der Waals surface area contributed by atoms with Gasteiger partial charge in [-0.15, -0.1) is 0 Å². The molecule has 148 valence electrons. The van der Waals surface area contributed by atoms with E-state index in [4.69, 9.17) is 14.3 Å². The second kappa shape index (κ2) is 8.12. The van der Waals surface area contributed by atoms with Crippen LogP contribution in [0.1, 0.15) is 23.1 Å². The average molecular weight is 388 g/mol. The third-order valence-electron chi connectivity index (χ3n) is 4.42. The maximum atomic E-state index is 12.1. The summed E-state index contributed by atoms with van der Waals surface area (Å²) >= 11 is 0. The van der Waals surface area contributed by atoms with Gasteiger partial charge in [0.2, 0.25) is 5.91 Å². The van der Waals surface area contributed by atoms with Crippen molar-refractivity contribution in [1.82, 2.24) is 10.6 Å². The number of aryl methyl sites for hydroxylation is 2. The number of rotatable bonds is 7. The second-order valence-electron chi connectivity index (χ2n) is 6.57. The average Bonchev–Trinajstić information content (AvgIpc) is 3.12. The molecule has 2 amide bonds. The molecule has 3 rings (SSSR count). The number of hydrogen-bond acceptors (Lipinski definition) is 6. The van der Waals surface area contributed by atoms with Gasteiger partial charge in [-0.2, -0.15) is 0 Å². The van der Waals surface area contributed by atoms with Crippen LogP contribution in [0.5, 0.6) is 5.75 Å². The summed E-state index contributed by atoms with van der Waals surface area (Å²) in [6.07, 6.45) is 2.26. The highest BCUT2D eigenvalue weighted by atomic mass is 16.5. The van der Waals surface area contributed by atoms with E-state index < -0.39 is 24.3 Å². The molecule has 0 spiro atoms. The largest absolute Gasteiger partial charge is 0.483 e. The summed E-state index contributed by atoms with van der Waals surface area (Å²) in [5.41, 5.74) is 2.46. The van der Waals surface area contributed by atoms with Crippen molar-refractivity contribution in [3.8, 4) is 5.75 Å². The summed E-state index contributed by atoms with van der Waals surface area (Å²) in [5.74, 6) is -1.87. The van der Waals surface area contributed by atoms with Crippen LogP contribution in [0.3, 0.4) is 0 Å². The van der Waals surface area contributed by atoms with Crippen molar-refractivity contribution in [3.05, 3.63) is 39.2 Å². The fourth-order valence-corrected chi connectivity index (χ4v) is 3.23. The van der Waals surface area contributed by atoms with E-state index in [9.17, 15) is 19.2 Å². The van der Waals surface area contributed by atoms with Gasteiger partial charge in [-0.25, -0.2) is 4.79 Å². The number of carbonyl (C=O) groups excluding carboxylic acids is 2. The Bertz CT molecular complexity index is 1010. The molecule has 1 aliphatic rings. The zero-order valence-electron chi connectivity index (χ0n) is 15.3. The Labute approximate surface area is 159 Å². The minimum atomic E-state index is -1.17. The first kappa shape index (κ1) is 19.4. The predicted octanol–water partition coefficient (Wildman–Crippen LogP) is 0.286. The van der Waals surface area contributed by atoms with Crippen molar-refractivity contribution in [2.24, 2.45) is 0 Å². The Morgan fingerprint density at radius 3 is 2.57 bits per heavy atom. The zero-order chi connectivity index (χ0) is 20.3. The van der Waals surface area contributed by atoms with Crippen LogP contribution in [0.25, 0.3) is 11.0 Å². The molecule has 0 saturated carbocycles. The molecule has 0 atom stereocenters. The van der Waals surface area contributed by atoms with Crippen molar-refractivity contribution in [1.29, 1.82) is 0 Å². The first-order chi connectivity index (χ1) is 13.3. The van der Waals surface area contributed by atoms with E-state index in [-0.39, 0.29) is 18.8 Å². The van der Waals surface area contributed by atoms with Crippen LogP contribution in [0, 0.1) is 6.92 Å². The molecule has 2 aromatic rings. The van der Waals surface area contributed by atoms with Gasteiger partial charge in [-0.05, 0) is 49.4 Å². The van der Waals surface area contributed by atoms with Gasteiger partial charge >= 0.3 is 11.6 Å². The third kappa shape index (κ3) is 4.30. The highest BCUT2D eigenvalue weighted by Gasteiger charge is 2.22. The lowest BCUT2D eigenvalue weighted by molar-refractivity contribution is -0.137. The topological polar surface area (TPSA) is 135 Å². The molecule has 0 radical (unpaired) electrons. The summed E-state index contributed by atoms with van der Waals surface area (Å²) in [6.45, 7) is 0.621. The van der Waals surface area contributed by atoms with Crippen LogP contribution in [0.4, 0.5) is 0 Å². The standard InChI is InChI=1S/C19H20N2O7/c1-10-5-13(27-9-16(23)20-7-15(22)21-8-17(24)25)18-11-3-2-4-12(11)19(26)28-14(18)6-10/h5-6H,2-4,7-9H2,1H3,(H,20,23)(H,21,22)(H,24,25). The Hall–Kier alpha value is -3.36. The number of benzene rings is 1. The summed E-state index contributed by atoms with van der Waals surface area (Å²) in [7, 11) is 0. The molecule has 0 unspecified atom stereocenters. The van der Waals surface area contributed by atoms with E-state index in [1.165, 1.54) is 0 Å². The second-order valence-corrected chi connectivity index (χ2v) is 6.57. The van der Waals surface area contributed by atoms with Gasteiger partial charge in [0.1, 0.15) is 17.9 Å². The van der Waals surface area contributed by atoms with Gasteiger partial charge in [-0.1, -0.05) is 0 Å². The van der Waals surface area contributed by atoms with Crippen LogP contribution >= 0.6 is 0 Å². The molecule has 1 aromatic heterocycles. The number of carbonyl (C=O) groups is 3. The molecule has 0 aliphatic heterocycles. The number of ether oxygens (including phenoxy) is 1. The van der Waals surface area contributed by atoms with E-state index in [1.807, 2.05) is 6.92 Å². The molecule has 0 fully saturated rings. The van der Waals surface area contributed by atoms with Crippen LogP contribution in [0.2, 0.25) is 0 Å². The van der Waals surface area contributed by atoms with E-state index in [0.717, 1.165) is 24.0 Å². The van der Waals surface area contributed by atoms with E-state index in [1.54, 1.807) is 12.1 Å². The molecule has 1 aromatic carbocycles. The number of fused-ring (bicyclic) bond motifs is 3. The quantitative estimate of drug-likeness (QED) is 0.580. The van der Waals surface area contributed by atoms with E-state index >= 15 is 0 Å². The molecule has 9 heteroatoms. The van der Waals surface area contributed by atoms with E-state index in [0.29, 0.717) is 28.7 Å². The molecular weight excluding hydrogens is 368 g/mol. The van der Waals surface area contributed by atoms with Gasteiger partial charge in [0.15, 0.2) is 6.61 Å². The number of amides is 2. The normalized spacial score (nSPS) is 12.5. The van der Waals surface area contributed by atoms with Crippen molar-refractivity contribution < 1.29 is 28.6 Å². The fourth-order valence-electron chi connectivity index (χ4n) is 3.23. The number of aliphatic carboxylic acids is 1. The third-order valence-corrected chi connectivity index (χ3v) is 4.42. The van der Waals surface area contributed by atoms with E-state index in [2.05, 4.69) is 10.6 Å². The number of carboxylic acids is 1. The number of hydrogen-bond donors (Lipinski definition) is 3. The molecule has 0 bridgehead atoms. The van der Waals surface area contributed by atoms with Crippen LogP contribution in [-0.2, 0) is 27.2 Å². The summed E-state index contributed by atoms with van der Waals surface area (Å²) in [6, 6.07) is 3.53. The number of carboxylic acid groups (broad SMARTS) is 1. The van der Waals surface area contributed by atoms with Crippen molar-refractivity contribution >= 4 is 28.8 Å². The van der Waals surface area contributed by atoms with Gasteiger partial charge in [-0.3, -0.25) is 14.4 Å². The Morgan fingerprint density at radius 2 is 1.82 bits per heavy atom. The Morgan fingerprint density at radius 1 is 1.11 bits per heavy atom. The summed E-state index contributed by atoms with van der Waals surface area (Å²) in [5, 5.41) is 13.7. The van der Waals surface area contributed by atoms with Gasteiger partial charge in [0, 0.05) is 5.56 Å². The molecule has 1 heterocycles. The van der Waals surface area contributed by atoms with Gasteiger partial charge in [0.05, 0.1) is 11.9 Å².